The molecule has 2 atom stereocenters. The molecule has 4 aliphatic carbocycles. The van der Waals surface area contributed by atoms with Gasteiger partial charge in [0.15, 0.2) is 0 Å². The standard InChI is InChI=1S/C14H23NO/c1-10(16)15-9-14-3-2-11-4-12(7-14)6-13(5-11)8-14/h11-13H,2-9H2,1H3,(H,15,16). The Kier molecular flexibility index (Phi) is 2.49. The van der Waals surface area contributed by atoms with Crippen molar-refractivity contribution >= 4 is 5.91 Å². The molecule has 1 amide bonds. The minimum absolute atomic E-state index is 0.146. The van der Waals surface area contributed by atoms with E-state index in [1.807, 2.05) is 0 Å². The van der Waals surface area contributed by atoms with Crippen molar-refractivity contribution in [1.82, 2.24) is 5.32 Å². The van der Waals surface area contributed by atoms with Crippen molar-refractivity contribution in [3.05, 3.63) is 0 Å². The number of hydrogen-bond donors (Lipinski definition) is 1. The van der Waals surface area contributed by atoms with Gasteiger partial charge in [-0.2, -0.15) is 0 Å². The zero-order valence-electron chi connectivity index (χ0n) is 10.3. The van der Waals surface area contributed by atoms with E-state index in [1.54, 1.807) is 6.92 Å². The van der Waals surface area contributed by atoms with Gasteiger partial charge < -0.3 is 5.32 Å². The van der Waals surface area contributed by atoms with Crippen LogP contribution in [0.3, 0.4) is 0 Å². The second kappa shape index (κ2) is 3.75. The maximum Gasteiger partial charge on any atom is 0.216 e. The minimum atomic E-state index is 0.146. The molecule has 0 aromatic rings. The van der Waals surface area contributed by atoms with E-state index in [2.05, 4.69) is 5.32 Å². The first-order valence-electron chi connectivity index (χ1n) is 6.90. The highest BCUT2D eigenvalue weighted by atomic mass is 16.1. The molecular formula is C14H23NO. The summed E-state index contributed by atoms with van der Waals surface area (Å²) in [6.45, 7) is 2.59. The predicted octanol–water partition coefficient (Wildman–Crippen LogP) is 2.73. The second-order valence-corrected chi connectivity index (χ2v) is 6.66. The van der Waals surface area contributed by atoms with Crippen molar-refractivity contribution in [3.63, 3.8) is 0 Å². The summed E-state index contributed by atoms with van der Waals surface area (Å²) in [5.41, 5.74) is 0.477. The number of carbonyl (C=O) groups excluding carboxylic acids is 1. The van der Waals surface area contributed by atoms with Crippen molar-refractivity contribution in [3.8, 4) is 0 Å². The quantitative estimate of drug-likeness (QED) is 0.763. The molecule has 4 saturated carbocycles. The van der Waals surface area contributed by atoms with Gasteiger partial charge in [0.05, 0.1) is 0 Å². The molecule has 4 bridgehead atoms. The van der Waals surface area contributed by atoms with Gasteiger partial charge in [0.25, 0.3) is 0 Å². The normalized spacial score (nSPS) is 45.4. The van der Waals surface area contributed by atoms with Crippen LogP contribution in [0.15, 0.2) is 0 Å². The molecule has 0 radical (unpaired) electrons. The fourth-order valence-corrected chi connectivity index (χ4v) is 4.84. The molecule has 16 heavy (non-hydrogen) atoms. The zero-order chi connectivity index (χ0) is 11.2. The molecule has 4 aliphatic rings. The van der Waals surface area contributed by atoms with Gasteiger partial charge >= 0.3 is 0 Å². The summed E-state index contributed by atoms with van der Waals surface area (Å²) in [4.78, 5) is 11.1. The zero-order valence-corrected chi connectivity index (χ0v) is 10.3. The maximum atomic E-state index is 11.1. The van der Waals surface area contributed by atoms with Crippen LogP contribution in [0.4, 0.5) is 0 Å². The predicted molar refractivity (Wildman–Crippen MR) is 63.9 cm³/mol. The van der Waals surface area contributed by atoms with E-state index >= 15 is 0 Å². The van der Waals surface area contributed by atoms with Crippen LogP contribution in [-0.4, -0.2) is 12.5 Å². The van der Waals surface area contributed by atoms with Gasteiger partial charge in [0.2, 0.25) is 5.91 Å². The molecule has 0 aromatic heterocycles. The fourth-order valence-electron chi connectivity index (χ4n) is 4.84. The molecule has 90 valence electrons. The Morgan fingerprint density at radius 3 is 2.44 bits per heavy atom. The van der Waals surface area contributed by atoms with Gasteiger partial charge in [-0.05, 0) is 68.1 Å². The third-order valence-corrected chi connectivity index (χ3v) is 5.24. The van der Waals surface area contributed by atoms with Crippen molar-refractivity contribution < 1.29 is 4.79 Å². The summed E-state index contributed by atoms with van der Waals surface area (Å²) in [5.74, 6) is 3.13. The van der Waals surface area contributed by atoms with Crippen molar-refractivity contribution in [2.24, 2.45) is 23.2 Å². The highest BCUT2D eigenvalue weighted by Gasteiger charge is 2.47. The average Bonchev–Trinajstić information content (AvgIpc) is 2.41. The van der Waals surface area contributed by atoms with Crippen LogP contribution in [0, 0.1) is 23.2 Å². The van der Waals surface area contributed by atoms with E-state index in [4.69, 9.17) is 0 Å². The number of nitrogens with one attached hydrogen (secondary N) is 1. The number of amides is 1. The summed E-state index contributed by atoms with van der Waals surface area (Å²) >= 11 is 0. The molecule has 4 fully saturated rings. The van der Waals surface area contributed by atoms with Gasteiger partial charge in [-0.25, -0.2) is 0 Å². The Labute approximate surface area is 98.2 Å². The van der Waals surface area contributed by atoms with Crippen molar-refractivity contribution in [2.75, 3.05) is 6.54 Å². The first kappa shape index (κ1) is 10.6. The first-order chi connectivity index (χ1) is 7.65. The number of carbonyl (C=O) groups is 1. The van der Waals surface area contributed by atoms with Gasteiger partial charge in [-0.3, -0.25) is 4.79 Å². The topological polar surface area (TPSA) is 29.1 Å². The summed E-state index contributed by atoms with van der Waals surface area (Å²) in [6.07, 6.45) is 10.0. The Morgan fingerprint density at radius 2 is 1.81 bits per heavy atom. The van der Waals surface area contributed by atoms with E-state index in [-0.39, 0.29) is 5.91 Å². The molecule has 0 heterocycles. The Hall–Kier alpha value is -0.530. The van der Waals surface area contributed by atoms with Gasteiger partial charge in [-0.15, -0.1) is 0 Å². The van der Waals surface area contributed by atoms with E-state index in [9.17, 15) is 4.79 Å². The van der Waals surface area contributed by atoms with Crippen LogP contribution in [0.1, 0.15) is 51.9 Å². The van der Waals surface area contributed by atoms with E-state index in [1.165, 1.54) is 44.9 Å². The number of fused-ring (bicyclic) bond motifs is 1. The van der Waals surface area contributed by atoms with Crippen LogP contribution in [0.5, 0.6) is 0 Å². The number of hydrogen-bond acceptors (Lipinski definition) is 1. The van der Waals surface area contributed by atoms with E-state index in [0.717, 1.165) is 24.3 Å². The molecule has 2 unspecified atom stereocenters. The van der Waals surface area contributed by atoms with Gasteiger partial charge in [-0.1, -0.05) is 0 Å². The minimum Gasteiger partial charge on any atom is -0.356 e. The van der Waals surface area contributed by atoms with Crippen LogP contribution in [0.2, 0.25) is 0 Å². The lowest BCUT2D eigenvalue weighted by molar-refractivity contribution is -0.119. The monoisotopic (exact) mass is 221 g/mol. The molecular weight excluding hydrogens is 198 g/mol. The van der Waals surface area contributed by atoms with Crippen molar-refractivity contribution in [1.29, 1.82) is 0 Å². The lowest BCUT2D eigenvalue weighted by atomic mass is 9.61. The van der Waals surface area contributed by atoms with Gasteiger partial charge in [0, 0.05) is 13.5 Å². The number of rotatable bonds is 2. The lowest BCUT2D eigenvalue weighted by Crippen LogP contribution is -2.42. The largest absolute Gasteiger partial charge is 0.356 e. The highest BCUT2D eigenvalue weighted by molar-refractivity contribution is 5.72. The van der Waals surface area contributed by atoms with Crippen LogP contribution in [-0.2, 0) is 4.79 Å². The molecule has 1 N–H and O–H groups in total. The highest BCUT2D eigenvalue weighted by Crippen LogP contribution is 2.56. The van der Waals surface area contributed by atoms with Crippen LogP contribution < -0.4 is 5.32 Å². The lowest BCUT2D eigenvalue weighted by Gasteiger charge is -2.45. The Morgan fingerprint density at radius 1 is 1.19 bits per heavy atom. The second-order valence-electron chi connectivity index (χ2n) is 6.66. The average molecular weight is 221 g/mol. The third kappa shape index (κ3) is 1.87. The van der Waals surface area contributed by atoms with E-state index in [0.29, 0.717) is 5.41 Å². The molecule has 0 saturated heterocycles. The molecule has 0 spiro atoms. The molecule has 0 aliphatic heterocycles. The van der Waals surface area contributed by atoms with Crippen LogP contribution >= 0.6 is 0 Å². The summed E-state index contributed by atoms with van der Waals surface area (Å²) < 4.78 is 0. The maximum absolute atomic E-state index is 11.1. The smallest absolute Gasteiger partial charge is 0.216 e. The van der Waals surface area contributed by atoms with E-state index < -0.39 is 0 Å². The Bertz CT molecular complexity index is 285. The first-order valence-corrected chi connectivity index (χ1v) is 6.90. The molecule has 0 aromatic carbocycles. The van der Waals surface area contributed by atoms with Gasteiger partial charge in [0.1, 0.15) is 0 Å². The summed E-state index contributed by atoms with van der Waals surface area (Å²) in [7, 11) is 0. The SMILES string of the molecule is CC(=O)NCC12CCC3CC(CC(C3)C1)C2. The summed E-state index contributed by atoms with van der Waals surface area (Å²) in [6, 6.07) is 0. The van der Waals surface area contributed by atoms with Crippen LogP contribution in [0.25, 0.3) is 0 Å². The Balaban J connectivity index is 1.76. The third-order valence-electron chi connectivity index (χ3n) is 5.24. The molecule has 2 heteroatoms. The summed E-state index contributed by atoms with van der Waals surface area (Å²) in [5, 5.41) is 3.09. The fraction of sp³-hybridized carbons (Fsp3) is 0.929. The molecule has 4 rings (SSSR count). The van der Waals surface area contributed by atoms with Crippen molar-refractivity contribution in [2.45, 2.75) is 51.9 Å². The molecule has 2 nitrogen and oxygen atoms in total.